The summed E-state index contributed by atoms with van der Waals surface area (Å²) in [5, 5.41) is 9.14. The van der Waals surface area contributed by atoms with E-state index in [1.165, 1.54) is 0 Å². The van der Waals surface area contributed by atoms with E-state index in [0.29, 0.717) is 13.0 Å². The highest BCUT2D eigenvalue weighted by Crippen LogP contribution is 2.52. The smallest absolute Gasteiger partial charge is 0.410 e. The molecule has 0 aromatic heterocycles. The monoisotopic (exact) mass is 425 g/mol. The summed E-state index contributed by atoms with van der Waals surface area (Å²) >= 11 is 3.42. The Kier molecular flexibility index (Phi) is 5.05. The number of rotatable bonds is 4. The van der Waals surface area contributed by atoms with Gasteiger partial charge in [-0.3, -0.25) is 0 Å². The highest BCUT2D eigenvalue weighted by atomic mass is 79.9. The molecule has 1 saturated heterocycles. The van der Waals surface area contributed by atoms with Crippen LogP contribution in [0.1, 0.15) is 39.2 Å². The van der Waals surface area contributed by atoms with Crippen LogP contribution in [0.15, 0.2) is 28.7 Å². The third-order valence-electron chi connectivity index (χ3n) is 4.93. The average molecular weight is 426 g/mol. The van der Waals surface area contributed by atoms with Gasteiger partial charge in [0, 0.05) is 11.0 Å². The molecule has 142 valence electrons. The minimum Gasteiger partial charge on any atom is -0.480 e. The van der Waals surface area contributed by atoms with Crippen LogP contribution in [0.3, 0.4) is 0 Å². The van der Waals surface area contributed by atoms with Gasteiger partial charge in [-0.2, -0.15) is 0 Å². The Bertz CT molecular complexity index is 699. The summed E-state index contributed by atoms with van der Waals surface area (Å²) in [6, 6.07) is 7.44. The van der Waals surface area contributed by atoms with Crippen molar-refractivity contribution in [3.8, 4) is 0 Å². The molecule has 0 radical (unpaired) electrons. The van der Waals surface area contributed by atoms with Crippen LogP contribution in [0, 0.1) is 5.92 Å². The standard InChI is InChI=1S/C19H24BrNO5/c1-18(2,3)26-17(24)21-10-12-8-15(21)19(9-12,25-11-16(22)23)13-4-6-14(20)7-5-13/h4-7,12,15H,8-11H2,1-3H3,(H,22,23). The first-order valence-electron chi connectivity index (χ1n) is 8.72. The number of likely N-dealkylation sites (tertiary alicyclic amines) is 1. The predicted molar refractivity (Wildman–Crippen MR) is 98.9 cm³/mol. The van der Waals surface area contributed by atoms with Crippen molar-refractivity contribution in [2.75, 3.05) is 13.2 Å². The van der Waals surface area contributed by atoms with E-state index >= 15 is 0 Å². The van der Waals surface area contributed by atoms with Crippen LogP contribution in [0.2, 0.25) is 0 Å². The van der Waals surface area contributed by atoms with Crippen LogP contribution in [0.5, 0.6) is 0 Å². The lowest BCUT2D eigenvalue weighted by Crippen LogP contribution is -2.54. The quantitative estimate of drug-likeness (QED) is 0.793. The first-order valence-corrected chi connectivity index (χ1v) is 9.51. The maximum atomic E-state index is 12.7. The van der Waals surface area contributed by atoms with Crippen LogP contribution < -0.4 is 0 Å². The van der Waals surface area contributed by atoms with Gasteiger partial charge in [0.15, 0.2) is 0 Å². The van der Waals surface area contributed by atoms with Crippen LogP contribution in [0.25, 0.3) is 0 Å². The van der Waals surface area contributed by atoms with Crippen molar-refractivity contribution in [3.05, 3.63) is 34.3 Å². The summed E-state index contributed by atoms with van der Waals surface area (Å²) in [7, 11) is 0. The topological polar surface area (TPSA) is 76.1 Å². The maximum absolute atomic E-state index is 12.7. The number of fused-ring (bicyclic) bond motifs is 2. The normalized spacial score (nSPS) is 27.6. The van der Waals surface area contributed by atoms with Gasteiger partial charge in [0.1, 0.15) is 17.8 Å². The number of amides is 1. The number of carboxylic acids is 1. The van der Waals surface area contributed by atoms with Gasteiger partial charge < -0.3 is 19.5 Å². The molecule has 2 fully saturated rings. The average Bonchev–Trinajstić information content (AvgIpc) is 3.10. The molecule has 1 aliphatic heterocycles. The molecule has 1 amide bonds. The zero-order valence-corrected chi connectivity index (χ0v) is 16.8. The molecule has 1 aromatic rings. The molecule has 1 saturated carbocycles. The highest BCUT2D eigenvalue weighted by Gasteiger charge is 2.59. The van der Waals surface area contributed by atoms with E-state index in [9.17, 15) is 9.59 Å². The van der Waals surface area contributed by atoms with Crippen LogP contribution in [-0.4, -0.2) is 46.9 Å². The molecule has 2 aliphatic rings. The number of benzene rings is 1. The molecule has 26 heavy (non-hydrogen) atoms. The fraction of sp³-hybridized carbons (Fsp3) is 0.579. The molecule has 7 heteroatoms. The molecule has 1 N–H and O–H groups in total. The molecule has 1 aliphatic carbocycles. The summed E-state index contributed by atoms with van der Waals surface area (Å²) in [6.45, 7) is 5.72. The minimum atomic E-state index is -1.02. The molecule has 3 rings (SSSR count). The Morgan fingerprint density at radius 1 is 1.31 bits per heavy atom. The minimum absolute atomic E-state index is 0.233. The fourth-order valence-corrected chi connectivity index (χ4v) is 4.34. The van der Waals surface area contributed by atoms with Crippen molar-refractivity contribution in [2.45, 2.75) is 50.9 Å². The predicted octanol–water partition coefficient (Wildman–Crippen LogP) is 3.77. The molecule has 1 heterocycles. The van der Waals surface area contributed by atoms with Gasteiger partial charge in [0.05, 0.1) is 6.04 Å². The van der Waals surface area contributed by atoms with Crippen LogP contribution in [0.4, 0.5) is 4.79 Å². The van der Waals surface area contributed by atoms with E-state index < -0.39 is 23.8 Å². The molecule has 3 unspecified atom stereocenters. The second-order valence-electron chi connectivity index (χ2n) is 8.03. The second-order valence-corrected chi connectivity index (χ2v) is 8.95. The van der Waals surface area contributed by atoms with Crippen molar-refractivity contribution in [3.63, 3.8) is 0 Å². The van der Waals surface area contributed by atoms with E-state index in [4.69, 9.17) is 14.6 Å². The van der Waals surface area contributed by atoms with Crippen LogP contribution in [-0.2, 0) is 19.9 Å². The molecule has 0 spiro atoms. The third-order valence-corrected chi connectivity index (χ3v) is 5.46. The summed E-state index contributed by atoms with van der Waals surface area (Å²) in [6.07, 6.45) is 1.12. The number of carboxylic acid groups (broad SMARTS) is 1. The highest BCUT2D eigenvalue weighted by molar-refractivity contribution is 9.10. The SMILES string of the molecule is CC(C)(C)OC(=O)N1CC2CC1C(OCC(=O)O)(c1ccc(Br)cc1)C2. The van der Waals surface area contributed by atoms with Gasteiger partial charge in [-0.05, 0) is 57.2 Å². The van der Waals surface area contributed by atoms with Crippen molar-refractivity contribution in [1.82, 2.24) is 4.90 Å². The zero-order chi connectivity index (χ0) is 19.1. The van der Waals surface area contributed by atoms with Gasteiger partial charge in [-0.15, -0.1) is 0 Å². The summed E-state index contributed by atoms with van der Waals surface area (Å²) in [5.74, 6) is -0.752. The number of hydrogen-bond donors (Lipinski definition) is 1. The summed E-state index contributed by atoms with van der Waals surface area (Å²) in [4.78, 5) is 25.6. The van der Waals surface area contributed by atoms with Crippen molar-refractivity contribution in [1.29, 1.82) is 0 Å². The van der Waals surface area contributed by atoms with Gasteiger partial charge in [0.25, 0.3) is 0 Å². The number of carbonyl (C=O) groups excluding carboxylic acids is 1. The Labute approximate surface area is 161 Å². The molecule has 2 bridgehead atoms. The number of aliphatic carboxylic acids is 1. The lowest BCUT2D eigenvalue weighted by molar-refractivity contribution is -0.157. The number of halogens is 1. The van der Waals surface area contributed by atoms with E-state index in [-0.39, 0.29) is 18.1 Å². The van der Waals surface area contributed by atoms with Gasteiger partial charge >= 0.3 is 12.1 Å². The van der Waals surface area contributed by atoms with E-state index in [2.05, 4.69) is 15.9 Å². The second kappa shape index (κ2) is 6.85. The molecule has 3 atom stereocenters. The van der Waals surface area contributed by atoms with E-state index in [1.54, 1.807) is 4.90 Å². The first-order chi connectivity index (χ1) is 12.1. The summed E-state index contributed by atoms with van der Waals surface area (Å²) in [5.41, 5.74) is -0.511. The zero-order valence-electron chi connectivity index (χ0n) is 15.2. The molecular weight excluding hydrogens is 402 g/mol. The number of piperidine rings is 1. The summed E-state index contributed by atoms with van der Waals surface area (Å²) < 4.78 is 12.4. The largest absolute Gasteiger partial charge is 0.480 e. The van der Waals surface area contributed by atoms with Gasteiger partial charge in [-0.25, -0.2) is 9.59 Å². The number of nitrogens with zero attached hydrogens (tertiary/aromatic N) is 1. The van der Waals surface area contributed by atoms with E-state index in [0.717, 1.165) is 16.5 Å². The number of ether oxygens (including phenoxy) is 2. The van der Waals surface area contributed by atoms with Crippen molar-refractivity contribution in [2.24, 2.45) is 5.92 Å². The first kappa shape index (κ1) is 19.2. The van der Waals surface area contributed by atoms with Crippen molar-refractivity contribution >= 4 is 28.0 Å². The number of carbonyl (C=O) groups is 2. The third kappa shape index (κ3) is 3.74. The Balaban J connectivity index is 1.93. The fourth-order valence-electron chi connectivity index (χ4n) is 4.07. The Morgan fingerprint density at radius 3 is 2.50 bits per heavy atom. The Hall–Kier alpha value is -1.60. The lowest BCUT2D eigenvalue weighted by Gasteiger charge is -2.43. The number of hydrogen-bond acceptors (Lipinski definition) is 4. The van der Waals surface area contributed by atoms with Crippen LogP contribution >= 0.6 is 15.9 Å². The molecule has 6 nitrogen and oxygen atoms in total. The Morgan fingerprint density at radius 2 is 1.96 bits per heavy atom. The van der Waals surface area contributed by atoms with Crippen molar-refractivity contribution < 1.29 is 24.2 Å². The van der Waals surface area contributed by atoms with E-state index in [1.807, 2.05) is 45.0 Å². The molecular formula is C19H24BrNO5. The molecule has 1 aromatic carbocycles. The maximum Gasteiger partial charge on any atom is 0.410 e. The van der Waals surface area contributed by atoms with Gasteiger partial charge in [-0.1, -0.05) is 28.1 Å². The van der Waals surface area contributed by atoms with Gasteiger partial charge in [0.2, 0.25) is 0 Å². The lowest BCUT2D eigenvalue weighted by atomic mass is 9.85.